The molecule has 0 saturated heterocycles. The van der Waals surface area contributed by atoms with E-state index in [1.165, 1.54) is 11.1 Å². The number of allylic oxidation sites excluding steroid dienone is 5. The fraction of sp³-hybridized carbons (Fsp3) is 0.556. The van der Waals surface area contributed by atoms with E-state index in [9.17, 15) is 5.11 Å². The van der Waals surface area contributed by atoms with Crippen molar-refractivity contribution in [3.8, 4) is 11.5 Å². The summed E-state index contributed by atoms with van der Waals surface area (Å²) in [6, 6.07) is 3.61. The van der Waals surface area contributed by atoms with Crippen molar-refractivity contribution in [3.63, 3.8) is 0 Å². The van der Waals surface area contributed by atoms with Crippen LogP contribution in [-0.4, -0.2) is 34.1 Å². The molecule has 0 radical (unpaired) electrons. The molecule has 0 saturated carbocycles. The van der Waals surface area contributed by atoms with Crippen LogP contribution in [-0.2, 0) is 6.42 Å². The molecule has 0 bridgehead atoms. The Hall–Kier alpha value is -2.04. The van der Waals surface area contributed by atoms with Gasteiger partial charge in [0.15, 0.2) is 0 Å². The van der Waals surface area contributed by atoms with Gasteiger partial charge in [0.1, 0.15) is 17.1 Å². The second kappa shape index (κ2) is 12.1. The molecule has 0 fully saturated rings. The van der Waals surface area contributed by atoms with Crippen LogP contribution in [0.1, 0.15) is 76.8 Å². The average molecular weight is 429 g/mol. The van der Waals surface area contributed by atoms with Gasteiger partial charge < -0.3 is 20.1 Å². The highest BCUT2D eigenvalue weighted by molar-refractivity contribution is 5.47. The number of aromatic hydroxyl groups is 1. The quantitative estimate of drug-likeness (QED) is 0.382. The van der Waals surface area contributed by atoms with E-state index >= 15 is 0 Å². The second-order valence-electron chi connectivity index (χ2n) is 9.20. The molecule has 0 amide bonds. The number of aliphatic hydroxyl groups is 2. The van der Waals surface area contributed by atoms with Gasteiger partial charge in [0.2, 0.25) is 0 Å². The number of phenols is 1. The molecule has 2 rings (SSSR count). The number of aryl methyl sites for hydroxylation is 2. The highest BCUT2D eigenvalue weighted by Crippen LogP contribution is 2.39. The molecule has 0 spiro atoms. The number of benzene rings is 1. The molecule has 4 heteroatoms. The van der Waals surface area contributed by atoms with Crippen LogP contribution < -0.4 is 4.74 Å². The van der Waals surface area contributed by atoms with Gasteiger partial charge in [-0.3, -0.25) is 0 Å². The maximum absolute atomic E-state index is 9.80. The molecule has 1 unspecified atom stereocenters. The summed E-state index contributed by atoms with van der Waals surface area (Å²) in [5.74, 6) is 1.27. The SMILES string of the molecule is C/C(=C\CC/C(C)=C/CCC1(C)CCc2cc(O)cc(C)c2O1)CCC=C(CO)CO. The van der Waals surface area contributed by atoms with Gasteiger partial charge in [-0.05, 0) is 108 Å². The maximum atomic E-state index is 9.80. The Bertz CT molecular complexity index is 813. The van der Waals surface area contributed by atoms with Gasteiger partial charge in [-0.15, -0.1) is 0 Å². The molecule has 1 aliphatic heterocycles. The van der Waals surface area contributed by atoms with E-state index in [-0.39, 0.29) is 18.8 Å². The first kappa shape index (κ1) is 25.2. The van der Waals surface area contributed by atoms with Crippen LogP contribution in [0, 0.1) is 6.92 Å². The zero-order valence-corrected chi connectivity index (χ0v) is 19.7. The van der Waals surface area contributed by atoms with Gasteiger partial charge in [0.25, 0.3) is 0 Å². The van der Waals surface area contributed by atoms with Crippen molar-refractivity contribution in [2.24, 2.45) is 0 Å². The summed E-state index contributed by atoms with van der Waals surface area (Å²) >= 11 is 0. The van der Waals surface area contributed by atoms with Crippen LogP contribution in [0.5, 0.6) is 11.5 Å². The summed E-state index contributed by atoms with van der Waals surface area (Å²) in [5.41, 5.74) is 5.42. The van der Waals surface area contributed by atoms with E-state index in [1.807, 2.05) is 19.1 Å². The van der Waals surface area contributed by atoms with Crippen molar-refractivity contribution in [1.82, 2.24) is 0 Å². The molecular formula is C27H40O4. The van der Waals surface area contributed by atoms with E-state index in [0.29, 0.717) is 11.3 Å². The molecule has 31 heavy (non-hydrogen) atoms. The van der Waals surface area contributed by atoms with E-state index in [1.54, 1.807) is 6.07 Å². The summed E-state index contributed by atoms with van der Waals surface area (Å²) in [6.45, 7) is 8.41. The zero-order chi connectivity index (χ0) is 22.9. The fourth-order valence-corrected chi connectivity index (χ4v) is 4.09. The summed E-state index contributed by atoms with van der Waals surface area (Å²) in [4.78, 5) is 0. The molecule has 1 aromatic rings. The standard InChI is InChI=1S/C27H40O4/c1-20(10-6-12-23(18-28)19-29)8-5-9-21(2)11-7-14-27(4)15-13-24-17-25(30)16-22(3)26(24)31-27/h8,11-12,16-17,28-30H,5-7,9-10,13-15,18-19H2,1-4H3/b20-8+,21-11+. The summed E-state index contributed by atoms with van der Waals surface area (Å²) in [5, 5.41) is 27.9. The topological polar surface area (TPSA) is 69.9 Å². The molecule has 3 N–H and O–H groups in total. The van der Waals surface area contributed by atoms with Crippen molar-refractivity contribution < 1.29 is 20.1 Å². The molecule has 1 atom stereocenters. The minimum atomic E-state index is -0.155. The van der Waals surface area contributed by atoms with E-state index in [2.05, 4.69) is 32.9 Å². The molecule has 0 aliphatic carbocycles. The van der Waals surface area contributed by atoms with Crippen molar-refractivity contribution in [2.45, 2.75) is 84.7 Å². The van der Waals surface area contributed by atoms with E-state index < -0.39 is 0 Å². The molecule has 4 nitrogen and oxygen atoms in total. The van der Waals surface area contributed by atoms with Gasteiger partial charge >= 0.3 is 0 Å². The molecule has 1 aromatic carbocycles. The Labute approximate surface area is 188 Å². The highest BCUT2D eigenvalue weighted by Gasteiger charge is 2.31. The summed E-state index contributed by atoms with van der Waals surface area (Å²) in [7, 11) is 0. The van der Waals surface area contributed by atoms with Gasteiger partial charge in [-0.2, -0.15) is 0 Å². The molecule has 172 valence electrons. The second-order valence-corrected chi connectivity index (χ2v) is 9.20. The predicted octanol–water partition coefficient (Wildman–Crippen LogP) is 5.93. The minimum Gasteiger partial charge on any atom is -0.508 e. The zero-order valence-electron chi connectivity index (χ0n) is 19.7. The largest absolute Gasteiger partial charge is 0.508 e. The third-order valence-corrected chi connectivity index (χ3v) is 6.18. The third-order valence-electron chi connectivity index (χ3n) is 6.18. The van der Waals surface area contributed by atoms with Gasteiger partial charge in [0.05, 0.1) is 13.2 Å². The Balaban J connectivity index is 1.76. The van der Waals surface area contributed by atoms with Gasteiger partial charge in [0, 0.05) is 0 Å². The van der Waals surface area contributed by atoms with Crippen molar-refractivity contribution >= 4 is 0 Å². The third kappa shape index (κ3) is 8.19. The van der Waals surface area contributed by atoms with Crippen molar-refractivity contribution in [2.75, 3.05) is 13.2 Å². The van der Waals surface area contributed by atoms with Crippen LogP contribution in [0.2, 0.25) is 0 Å². The number of aliphatic hydroxyl groups excluding tert-OH is 2. The normalized spacial score (nSPS) is 19.0. The molecule has 1 aliphatic rings. The lowest BCUT2D eigenvalue weighted by Gasteiger charge is -2.36. The summed E-state index contributed by atoms with van der Waals surface area (Å²) in [6.07, 6.45) is 14.4. The number of ether oxygens (including phenoxy) is 1. The number of rotatable bonds is 11. The van der Waals surface area contributed by atoms with Crippen molar-refractivity contribution in [3.05, 3.63) is 58.2 Å². The molecular weight excluding hydrogens is 388 g/mol. The average Bonchev–Trinajstić information content (AvgIpc) is 2.72. The van der Waals surface area contributed by atoms with Gasteiger partial charge in [-0.1, -0.05) is 29.4 Å². The Morgan fingerprint density at radius 1 is 1.00 bits per heavy atom. The lowest BCUT2D eigenvalue weighted by atomic mass is 9.87. The number of hydrogen-bond donors (Lipinski definition) is 3. The summed E-state index contributed by atoms with van der Waals surface area (Å²) < 4.78 is 6.38. The van der Waals surface area contributed by atoms with Gasteiger partial charge in [-0.25, -0.2) is 0 Å². The molecule has 1 heterocycles. The predicted molar refractivity (Wildman–Crippen MR) is 128 cm³/mol. The lowest BCUT2D eigenvalue weighted by molar-refractivity contribution is 0.0561. The number of hydrogen-bond acceptors (Lipinski definition) is 4. The van der Waals surface area contributed by atoms with Crippen LogP contribution in [0.3, 0.4) is 0 Å². The number of fused-ring (bicyclic) bond motifs is 1. The van der Waals surface area contributed by atoms with E-state index in [0.717, 1.165) is 68.2 Å². The first-order valence-electron chi connectivity index (χ1n) is 11.5. The maximum Gasteiger partial charge on any atom is 0.126 e. The van der Waals surface area contributed by atoms with E-state index in [4.69, 9.17) is 14.9 Å². The molecule has 0 aromatic heterocycles. The lowest BCUT2D eigenvalue weighted by Crippen LogP contribution is -2.36. The Kier molecular flexibility index (Phi) is 9.86. The van der Waals surface area contributed by atoms with Crippen LogP contribution >= 0.6 is 0 Å². The van der Waals surface area contributed by atoms with Crippen LogP contribution in [0.15, 0.2) is 47.1 Å². The Morgan fingerprint density at radius 2 is 1.61 bits per heavy atom. The highest BCUT2D eigenvalue weighted by atomic mass is 16.5. The Morgan fingerprint density at radius 3 is 2.26 bits per heavy atom. The van der Waals surface area contributed by atoms with Crippen LogP contribution in [0.25, 0.3) is 0 Å². The smallest absolute Gasteiger partial charge is 0.126 e. The fourth-order valence-electron chi connectivity index (χ4n) is 4.09. The first-order chi connectivity index (χ1) is 14.8. The minimum absolute atomic E-state index is 0.0664. The van der Waals surface area contributed by atoms with Crippen molar-refractivity contribution in [1.29, 1.82) is 0 Å². The van der Waals surface area contributed by atoms with Crippen LogP contribution in [0.4, 0.5) is 0 Å². The first-order valence-corrected chi connectivity index (χ1v) is 11.5. The monoisotopic (exact) mass is 428 g/mol. The number of phenolic OH excluding ortho intramolecular Hbond substituents is 1.